The van der Waals surface area contributed by atoms with Crippen molar-refractivity contribution < 1.29 is 0 Å². The fraction of sp³-hybridized carbons (Fsp3) is 0.400. The van der Waals surface area contributed by atoms with Gasteiger partial charge in [-0.25, -0.2) is 0 Å². The van der Waals surface area contributed by atoms with E-state index in [-0.39, 0.29) is 5.54 Å². The van der Waals surface area contributed by atoms with Crippen LogP contribution in [0.1, 0.15) is 19.3 Å². The van der Waals surface area contributed by atoms with Crippen molar-refractivity contribution in [3.63, 3.8) is 0 Å². The van der Waals surface area contributed by atoms with Crippen LogP contribution in [0.25, 0.3) is 10.8 Å². The monoisotopic (exact) mass is 239 g/mol. The number of aromatic nitrogens is 1. The van der Waals surface area contributed by atoms with Gasteiger partial charge in [0.1, 0.15) is 0 Å². The lowest BCUT2D eigenvalue weighted by molar-refractivity contribution is 0.573. The Hall–Kier alpha value is -1.61. The molecule has 3 nitrogen and oxygen atoms in total. The van der Waals surface area contributed by atoms with E-state index in [1.54, 1.807) is 0 Å². The Morgan fingerprint density at radius 1 is 1.28 bits per heavy atom. The van der Waals surface area contributed by atoms with E-state index in [0.29, 0.717) is 6.04 Å². The van der Waals surface area contributed by atoms with E-state index < -0.39 is 0 Å². The van der Waals surface area contributed by atoms with Gasteiger partial charge in [0.25, 0.3) is 0 Å². The summed E-state index contributed by atoms with van der Waals surface area (Å²) in [6, 6.07) is 8.93. The first-order chi connectivity index (χ1) is 8.81. The number of benzene rings is 1. The second-order valence-electron chi connectivity index (χ2n) is 5.52. The molecule has 3 heteroatoms. The number of anilines is 1. The molecule has 1 saturated heterocycles. The molecule has 1 saturated carbocycles. The standard InChI is InChI=1S/C15H17N3/c16-14-5-9-18(15(14)6-7-15)13-3-1-2-11-10-17-8-4-12(11)13/h1-4,8,10,14H,5-7,9,16H2. The average Bonchev–Trinajstić information content (AvgIpc) is 3.14. The molecule has 18 heavy (non-hydrogen) atoms. The predicted octanol–water partition coefficient (Wildman–Crippen LogP) is 2.30. The molecule has 0 bridgehead atoms. The van der Waals surface area contributed by atoms with Gasteiger partial charge in [0.2, 0.25) is 0 Å². The highest BCUT2D eigenvalue weighted by molar-refractivity contribution is 5.94. The summed E-state index contributed by atoms with van der Waals surface area (Å²) < 4.78 is 0. The zero-order valence-corrected chi connectivity index (χ0v) is 10.3. The molecule has 1 spiro atoms. The van der Waals surface area contributed by atoms with Gasteiger partial charge in [0, 0.05) is 41.4 Å². The quantitative estimate of drug-likeness (QED) is 0.830. The Bertz CT molecular complexity index is 598. The van der Waals surface area contributed by atoms with Crippen molar-refractivity contribution in [3.8, 4) is 0 Å². The Labute approximate surface area is 107 Å². The largest absolute Gasteiger partial charge is 0.364 e. The third kappa shape index (κ3) is 1.25. The van der Waals surface area contributed by atoms with E-state index in [1.807, 2.05) is 12.4 Å². The van der Waals surface area contributed by atoms with Crippen LogP contribution in [0.4, 0.5) is 5.69 Å². The van der Waals surface area contributed by atoms with E-state index in [2.05, 4.69) is 34.1 Å². The minimum atomic E-state index is 0.261. The molecule has 1 aliphatic heterocycles. The molecule has 2 heterocycles. The topological polar surface area (TPSA) is 42.1 Å². The first-order valence-corrected chi connectivity index (χ1v) is 6.67. The Balaban J connectivity index is 1.88. The summed E-state index contributed by atoms with van der Waals surface area (Å²) in [5.41, 5.74) is 7.89. The molecule has 1 atom stereocenters. The second-order valence-corrected chi connectivity index (χ2v) is 5.52. The summed E-state index contributed by atoms with van der Waals surface area (Å²) in [5.74, 6) is 0. The van der Waals surface area contributed by atoms with Gasteiger partial charge >= 0.3 is 0 Å². The summed E-state index contributed by atoms with van der Waals surface area (Å²) in [5, 5.41) is 2.51. The van der Waals surface area contributed by atoms with E-state index in [1.165, 1.54) is 29.3 Å². The lowest BCUT2D eigenvalue weighted by Crippen LogP contribution is -2.41. The molecule has 1 aliphatic carbocycles. The molecule has 1 aromatic heterocycles. The number of fused-ring (bicyclic) bond motifs is 1. The smallest absolute Gasteiger partial charge is 0.0555 e. The van der Waals surface area contributed by atoms with Crippen LogP contribution in [0.15, 0.2) is 36.7 Å². The van der Waals surface area contributed by atoms with Crippen LogP contribution < -0.4 is 10.6 Å². The minimum absolute atomic E-state index is 0.261. The van der Waals surface area contributed by atoms with Crippen LogP contribution in [-0.4, -0.2) is 23.1 Å². The van der Waals surface area contributed by atoms with Gasteiger partial charge < -0.3 is 10.6 Å². The van der Waals surface area contributed by atoms with Crippen molar-refractivity contribution in [1.29, 1.82) is 0 Å². The van der Waals surface area contributed by atoms with Gasteiger partial charge in [-0.05, 0) is 31.4 Å². The van der Waals surface area contributed by atoms with Crippen LogP contribution in [0, 0.1) is 0 Å². The molecule has 1 aromatic carbocycles. The normalized spacial score (nSPS) is 24.9. The Kier molecular flexibility index (Phi) is 1.98. The maximum absolute atomic E-state index is 6.29. The fourth-order valence-corrected chi connectivity index (χ4v) is 3.43. The highest BCUT2D eigenvalue weighted by atomic mass is 15.3. The van der Waals surface area contributed by atoms with E-state index >= 15 is 0 Å². The van der Waals surface area contributed by atoms with Crippen LogP contribution in [0.5, 0.6) is 0 Å². The Morgan fingerprint density at radius 3 is 3.00 bits per heavy atom. The van der Waals surface area contributed by atoms with Gasteiger partial charge in [-0.3, -0.25) is 4.98 Å². The molecule has 1 unspecified atom stereocenters. The number of pyridine rings is 1. The summed E-state index contributed by atoms with van der Waals surface area (Å²) in [7, 11) is 0. The predicted molar refractivity (Wildman–Crippen MR) is 73.6 cm³/mol. The zero-order valence-electron chi connectivity index (χ0n) is 10.3. The summed E-state index contributed by atoms with van der Waals surface area (Å²) in [6.07, 6.45) is 7.42. The first kappa shape index (κ1) is 10.3. The number of hydrogen-bond acceptors (Lipinski definition) is 3. The van der Waals surface area contributed by atoms with E-state index in [0.717, 1.165) is 13.0 Å². The molecule has 2 aliphatic rings. The van der Waals surface area contributed by atoms with Crippen LogP contribution in [0.3, 0.4) is 0 Å². The number of hydrogen-bond donors (Lipinski definition) is 1. The molecule has 2 N–H and O–H groups in total. The summed E-state index contributed by atoms with van der Waals surface area (Å²) in [6.45, 7) is 1.09. The van der Waals surface area contributed by atoms with Crippen molar-refractivity contribution in [3.05, 3.63) is 36.7 Å². The second kappa shape index (κ2) is 3.45. The van der Waals surface area contributed by atoms with E-state index in [4.69, 9.17) is 5.73 Å². The van der Waals surface area contributed by atoms with E-state index in [9.17, 15) is 0 Å². The van der Waals surface area contributed by atoms with Crippen LogP contribution in [-0.2, 0) is 0 Å². The molecule has 0 radical (unpaired) electrons. The van der Waals surface area contributed by atoms with Gasteiger partial charge in [0.05, 0.1) is 5.54 Å². The van der Waals surface area contributed by atoms with Gasteiger partial charge in [-0.15, -0.1) is 0 Å². The molecular formula is C15H17N3. The first-order valence-electron chi connectivity index (χ1n) is 6.67. The van der Waals surface area contributed by atoms with Crippen molar-refractivity contribution in [2.24, 2.45) is 5.73 Å². The van der Waals surface area contributed by atoms with Crippen molar-refractivity contribution in [2.75, 3.05) is 11.4 Å². The maximum Gasteiger partial charge on any atom is 0.0555 e. The molecular weight excluding hydrogens is 222 g/mol. The third-order valence-corrected chi connectivity index (χ3v) is 4.60. The summed E-state index contributed by atoms with van der Waals surface area (Å²) in [4.78, 5) is 6.75. The van der Waals surface area contributed by atoms with Gasteiger partial charge in [-0.2, -0.15) is 0 Å². The molecule has 2 aromatic rings. The van der Waals surface area contributed by atoms with Crippen molar-refractivity contribution in [1.82, 2.24) is 4.98 Å². The zero-order chi connectivity index (χ0) is 12.2. The third-order valence-electron chi connectivity index (χ3n) is 4.60. The number of nitrogens with zero attached hydrogens (tertiary/aromatic N) is 2. The highest BCUT2D eigenvalue weighted by Crippen LogP contribution is 2.51. The van der Waals surface area contributed by atoms with Gasteiger partial charge in [0.15, 0.2) is 0 Å². The molecule has 2 fully saturated rings. The lowest BCUT2D eigenvalue weighted by Gasteiger charge is -2.29. The fourth-order valence-electron chi connectivity index (χ4n) is 3.43. The van der Waals surface area contributed by atoms with Crippen LogP contribution in [0.2, 0.25) is 0 Å². The lowest BCUT2D eigenvalue weighted by atomic mass is 10.1. The van der Waals surface area contributed by atoms with Crippen molar-refractivity contribution >= 4 is 16.5 Å². The maximum atomic E-state index is 6.29. The van der Waals surface area contributed by atoms with Gasteiger partial charge in [-0.1, -0.05) is 12.1 Å². The number of nitrogens with two attached hydrogens (primary N) is 1. The average molecular weight is 239 g/mol. The highest BCUT2D eigenvalue weighted by Gasteiger charge is 2.56. The molecule has 92 valence electrons. The number of rotatable bonds is 1. The Morgan fingerprint density at radius 2 is 2.17 bits per heavy atom. The summed E-state index contributed by atoms with van der Waals surface area (Å²) >= 11 is 0. The van der Waals surface area contributed by atoms with Crippen molar-refractivity contribution in [2.45, 2.75) is 30.8 Å². The minimum Gasteiger partial charge on any atom is -0.364 e. The SMILES string of the molecule is NC1CCN(c2cccc3cnccc23)C12CC2. The molecule has 0 amide bonds. The van der Waals surface area contributed by atoms with Crippen LogP contribution >= 0.6 is 0 Å². The molecule has 4 rings (SSSR count).